The zero-order valence-electron chi connectivity index (χ0n) is 15.7. The van der Waals surface area contributed by atoms with Gasteiger partial charge in [0.1, 0.15) is 5.82 Å². The van der Waals surface area contributed by atoms with Crippen LogP contribution in [-0.4, -0.2) is 34.1 Å². The Morgan fingerprint density at radius 1 is 1.22 bits per heavy atom. The average Bonchev–Trinajstić information content (AvgIpc) is 3.07. The van der Waals surface area contributed by atoms with E-state index in [1.54, 1.807) is 6.07 Å². The van der Waals surface area contributed by atoms with Crippen molar-refractivity contribution in [2.24, 2.45) is 0 Å². The summed E-state index contributed by atoms with van der Waals surface area (Å²) in [4.78, 5) is 23.9. The molecule has 0 saturated carbocycles. The number of hydrogen-bond acceptors (Lipinski definition) is 6. The molecule has 0 unspecified atom stereocenters. The van der Waals surface area contributed by atoms with E-state index in [2.05, 4.69) is 31.4 Å². The summed E-state index contributed by atoms with van der Waals surface area (Å²) in [7, 11) is 0. The molecule has 27 heavy (non-hydrogen) atoms. The number of amides is 1. The van der Waals surface area contributed by atoms with E-state index in [9.17, 15) is 4.79 Å². The van der Waals surface area contributed by atoms with Gasteiger partial charge in [-0.1, -0.05) is 5.16 Å². The van der Waals surface area contributed by atoms with Gasteiger partial charge in [-0.15, -0.1) is 0 Å². The number of carbonyl (C=O) groups excluding carboxylic acids is 1. The molecule has 3 aromatic rings. The van der Waals surface area contributed by atoms with Gasteiger partial charge in [-0.3, -0.25) is 4.79 Å². The molecule has 4 heterocycles. The fourth-order valence-electron chi connectivity index (χ4n) is 3.54. The minimum atomic E-state index is -0.159. The molecule has 1 amide bonds. The van der Waals surface area contributed by atoms with Gasteiger partial charge in [0.2, 0.25) is 0 Å². The van der Waals surface area contributed by atoms with Crippen molar-refractivity contribution in [3.63, 3.8) is 0 Å². The molecule has 7 heteroatoms. The number of nitrogens with one attached hydrogen (secondary N) is 1. The first-order chi connectivity index (χ1) is 13.1. The lowest BCUT2D eigenvalue weighted by Gasteiger charge is -2.27. The standard InChI is InChI=1S/C20H23N5O2/c1-13-10-16(18-14(2)24-27-20(18)23-13)19(26)22-12-15-6-7-21-17(11-15)25-8-4-3-5-9-25/h6-7,10-11H,3-5,8-9,12H2,1-2H3,(H,22,26). The fourth-order valence-corrected chi connectivity index (χ4v) is 3.54. The number of aryl methyl sites for hydroxylation is 2. The number of nitrogens with zero attached hydrogens (tertiary/aromatic N) is 4. The number of hydrogen-bond donors (Lipinski definition) is 1. The summed E-state index contributed by atoms with van der Waals surface area (Å²) in [6.07, 6.45) is 5.51. The molecule has 1 aliphatic rings. The molecule has 3 aromatic heterocycles. The van der Waals surface area contributed by atoms with Gasteiger partial charge < -0.3 is 14.7 Å². The van der Waals surface area contributed by atoms with E-state index in [1.807, 2.05) is 26.1 Å². The molecule has 4 rings (SSSR count). The second-order valence-corrected chi connectivity index (χ2v) is 7.01. The molecule has 1 aliphatic heterocycles. The van der Waals surface area contributed by atoms with E-state index in [4.69, 9.17) is 4.52 Å². The molecule has 1 fully saturated rings. The molecule has 0 atom stereocenters. The number of carbonyl (C=O) groups is 1. The van der Waals surface area contributed by atoms with Crippen LogP contribution < -0.4 is 10.2 Å². The summed E-state index contributed by atoms with van der Waals surface area (Å²) >= 11 is 0. The van der Waals surface area contributed by atoms with E-state index in [1.165, 1.54) is 19.3 Å². The third-order valence-electron chi connectivity index (χ3n) is 4.93. The topological polar surface area (TPSA) is 84.2 Å². The second-order valence-electron chi connectivity index (χ2n) is 7.01. The van der Waals surface area contributed by atoms with E-state index >= 15 is 0 Å². The molecule has 7 nitrogen and oxygen atoms in total. The van der Waals surface area contributed by atoms with Crippen LogP contribution in [0.25, 0.3) is 11.1 Å². The maximum atomic E-state index is 12.8. The van der Waals surface area contributed by atoms with Crippen LogP contribution in [0.2, 0.25) is 0 Å². The number of pyridine rings is 2. The highest BCUT2D eigenvalue weighted by Crippen LogP contribution is 2.22. The van der Waals surface area contributed by atoms with Crippen molar-refractivity contribution in [2.45, 2.75) is 39.7 Å². The first-order valence-electron chi connectivity index (χ1n) is 9.33. The summed E-state index contributed by atoms with van der Waals surface area (Å²) in [6.45, 7) is 6.18. The maximum absolute atomic E-state index is 12.8. The van der Waals surface area contributed by atoms with Crippen molar-refractivity contribution in [3.8, 4) is 0 Å². The highest BCUT2D eigenvalue weighted by Gasteiger charge is 2.18. The largest absolute Gasteiger partial charge is 0.357 e. The van der Waals surface area contributed by atoms with Crippen LogP contribution in [0.15, 0.2) is 28.9 Å². The van der Waals surface area contributed by atoms with Crippen molar-refractivity contribution in [3.05, 3.63) is 46.9 Å². The van der Waals surface area contributed by atoms with Crippen LogP contribution >= 0.6 is 0 Å². The summed E-state index contributed by atoms with van der Waals surface area (Å²) in [5.74, 6) is 0.826. The Morgan fingerprint density at radius 2 is 2.04 bits per heavy atom. The highest BCUT2D eigenvalue weighted by molar-refractivity contribution is 6.06. The zero-order chi connectivity index (χ0) is 18.8. The van der Waals surface area contributed by atoms with Gasteiger partial charge in [-0.25, -0.2) is 9.97 Å². The number of aromatic nitrogens is 3. The van der Waals surface area contributed by atoms with Crippen LogP contribution in [0.3, 0.4) is 0 Å². The number of anilines is 1. The average molecular weight is 365 g/mol. The van der Waals surface area contributed by atoms with Gasteiger partial charge >= 0.3 is 0 Å². The van der Waals surface area contributed by atoms with E-state index in [0.717, 1.165) is 30.2 Å². The third-order valence-corrected chi connectivity index (χ3v) is 4.93. The van der Waals surface area contributed by atoms with Crippen LogP contribution in [0.5, 0.6) is 0 Å². The summed E-state index contributed by atoms with van der Waals surface area (Å²) in [6, 6.07) is 5.77. The van der Waals surface area contributed by atoms with Crippen molar-refractivity contribution < 1.29 is 9.32 Å². The van der Waals surface area contributed by atoms with Crippen LogP contribution in [0.4, 0.5) is 5.82 Å². The SMILES string of the molecule is Cc1cc(C(=O)NCc2ccnc(N3CCCCC3)c2)c2c(C)noc2n1. The van der Waals surface area contributed by atoms with E-state index in [-0.39, 0.29) is 5.91 Å². The van der Waals surface area contributed by atoms with Gasteiger partial charge in [0.25, 0.3) is 11.6 Å². The Morgan fingerprint density at radius 3 is 2.85 bits per heavy atom. The van der Waals surface area contributed by atoms with Gasteiger partial charge in [-0.2, -0.15) is 0 Å². The Balaban J connectivity index is 1.51. The lowest BCUT2D eigenvalue weighted by atomic mass is 10.1. The Labute approximate surface area is 157 Å². The molecule has 0 bridgehead atoms. The normalized spacial score (nSPS) is 14.5. The minimum Gasteiger partial charge on any atom is -0.357 e. The van der Waals surface area contributed by atoms with Gasteiger partial charge in [-0.05, 0) is 56.9 Å². The zero-order valence-corrected chi connectivity index (χ0v) is 15.7. The van der Waals surface area contributed by atoms with Crippen LogP contribution in [0.1, 0.15) is 46.6 Å². The molecule has 0 radical (unpaired) electrons. The molecule has 1 saturated heterocycles. The van der Waals surface area contributed by atoms with Crippen molar-refractivity contribution in [1.82, 2.24) is 20.4 Å². The van der Waals surface area contributed by atoms with Gasteiger partial charge in [0.05, 0.1) is 16.6 Å². The smallest absolute Gasteiger partial charge is 0.258 e. The van der Waals surface area contributed by atoms with Crippen molar-refractivity contribution in [1.29, 1.82) is 0 Å². The quantitative estimate of drug-likeness (QED) is 0.764. The molecule has 0 aromatic carbocycles. The minimum absolute atomic E-state index is 0.159. The van der Waals surface area contributed by atoms with Gasteiger partial charge in [0.15, 0.2) is 0 Å². The Bertz CT molecular complexity index is 976. The first kappa shape index (κ1) is 17.5. The van der Waals surface area contributed by atoms with Crippen molar-refractivity contribution >= 4 is 22.8 Å². The monoisotopic (exact) mass is 365 g/mol. The number of piperidine rings is 1. The van der Waals surface area contributed by atoms with E-state index < -0.39 is 0 Å². The fraction of sp³-hybridized carbons (Fsp3) is 0.400. The van der Waals surface area contributed by atoms with Crippen LogP contribution in [-0.2, 0) is 6.54 Å². The summed E-state index contributed by atoms with van der Waals surface area (Å²) < 4.78 is 5.21. The molecule has 140 valence electrons. The van der Waals surface area contributed by atoms with E-state index in [0.29, 0.717) is 28.9 Å². The van der Waals surface area contributed by atoms with Crippen LogP contribution in [0, 0.1) is 13.8 Å². The number of rotatable bonds is 4. The number of fused-ring (bicyclic) bond motifs is 1. The van der Waals surface area contributed by atoms with Crippen molar-refractivity contribution in [2.75, 3.05) is 18.0 Å². The highest BCUT2D eigenvalue weighted by atomic mass is 16.5. The molecule has 1 N–H and O–H groups in total. The second kappa shape index (κ2) is 7.34. The molecular formula is C20H23N5O2. The molecule has 0 spiro atoms. The summed E-state index contributed by atoms with van der Waals surface area (Å²) in [5.41, 5.74) is 3.36. The maximum Gasteiger partial charge on any atom is 0.258 e. The first-order valence-corrected chi connectivity index (χ1v) is 9.33. The Kier molecular flexibility index (Phi) is 4.75. The molecule has 0 aliphatic carbocycles. The third kappa shape index (κ3) is 3.63. The lowest BCUT2D eigenvalue weighted by Crippen LogP contribution is -2.30. The Hall–Kier alpha value is -2.96. The lowest BCUT2D eigenvalue weighted by molar-refractivity contribution is 0.0952. The predicted molar refractivity (Wildman–Crippen MR) is 103 cm³/mol. The predicted octanol–water partition coefficient (Wildman–Crippen LogP) is 3.15. The summed E-state index contributed by atoms with van der Waals surface area (Å²) in [5, 5.41) is 7.60. The molecular weight excluding hydrogens is 342 g/mol. The van der Waals surface area contributed by atoms with Gasteiger partial charge in [0, 0.05) is 31.5 Å².